The van der Waals surface area contributed by atoms with Crippen molar-refractivity contribution < 1.29 is 14.8 Å². The van der Waals surface area contributed by atoms with E-state index in [0.717, 1.165) is 0 Å². The van der Waals surface area contributed by atoms with E-state index in [4.69, 9.17) is 4.74 Å². The van der Waals surface area contributed by atoms with E-state index in [1.165, 1.54) is 12.1 Å². The third kappa shape index (κ3) is 3.43. The largest absolute Gasteiger partial charge is 0.388 e. The third-order valence-electron chi connectivity index (χ3n) is 2.84. The first-order chi connectivity index (χ1) is 10.1. The SMILES string of the molecule is COCCn1c(CO)nnc1-c1cc(Br)cc([N+](=O)[O-])c1. The smallest absolute Gasteiger partial charge is 0.271 e. The monoisotopic (exact) mass is 356 g/mol. The summed E-state index contributed by atoms with van der Waals surface area (Å²) in [6, 6.07) is 4.53. The van der Waals surface area contributed by atoms with Gasteiger partial charge in [-0.25, -0.2) is 0 Å². The van der Waals surface area contributed by atoms with E-state index < -0.39 is 4.92 Å². The van der Waals surface area contributed by atoms with Crippen LogP contribution in [0.4, 0.5) is 5.69 Å². The molecule has 0 aliphatic rings. The number of hydrogen-bond acceptors (Lipinski definition) is 6. The van der Waals surface area contributed by atoms with E-state index in [0.29, 0.717) is 34.8 Å². The zero-order chi connectivity index (χ0) is 15.4. The molecule has 0 saturated carbocycles. The Labute approximate surface area is 128 Å². The minimum absolute atomic E-state index is 0.0498. The number of nitro groups is 1. The highest BCUT2D eigenvalue weighted by Gasteiger charge is 2.17. The first-order valence-electron chi connectivity index (χ1n) is 6.04. The number of aliphatic hydroxyl groups excluding tert-OH is 1. The highest BCUT2D eigenvalue weighted by molar-refractivity contribution is 9.10. The summed E-state index contributed by atoms with van der Waals surface area (Å²) in [6.45, 7) is 0.579. The van der Waals surface area contributed by atoms with Crippen molar-refractivity contribution in [2.45, 2.75) is 13.2 Å². The lowest BCUT2D eigenvalue weighted by atomic mass is 10.2. The summed E-state index contributed by atoms with van der Waals surface area (Å²) in [5, 5.41) is 28.1. The summed E-state index contributed by atoms with van der Waals surface area (Å²) in [7, 11) is 1.56. The standard InChI is InChI=1S/C12H13BrN4O4/c1-21-3-2-16-11(7-18)14-15-12(16)8-4-9(13)6-10(5-8)17(19)20/h4-6,18H,2-3,7H2,1H3. The van der Waals surface area contributed by atoms with Gasteiger partial charge in [0.15, 0.2) is 11.6 Å². The number of aliphatic hydroxyl groups is 1. The molecule has 1 aromatic heterocycles. The molecule has 8 nitrogen and oxygen atoms in total. The lowest BCUT2D eigenvalue weighted by Crippen LogP contribution is -2.10. The zero-order valence-electron chi connectivity index (χ0n) is 11.2. The zero-order valence-corrected chi connectivity index (χ0v) is 12.8. The Balaban J connectivity index is 2.50. The molecule has 0 spiro atoms. The van der Waals surface area contributed by atoms with Crippen LogP contribution in [-0.4, -0.2) is 38.5 Å². The predicted molar refractivity (Wildman–Crippen MR) is 77.6 cm³/mol. The van der Waals surface area contributed by atoms with Crippen molar-refractivity contribution in [2.75, 3.05) is 13.7 Å². The number of methoxy groups -OCH3 is 1. The van der Waals surface area contributed by atoms with Crippen LogP contribution in [0, 0.1) is 10.1 Å². The molecule has 0 bridgehead atoms. The molecule has 0 aliphatic heterocycles. The van der Waals surface area contributed by atoms with Crippen LogP contribution < -0.4 is 0 Å². The van der Waals surface area contributed by atoms with E-state index in [-0.39, 0.29) is 12.3 Å². The molecule has 2 rings (SSSR count). The van der Waals surface area contributed by atoms with Crippen LogP contribution in [0.3, 0.4) is 0 Å². The van der Waals surface area contributed by atoms with E-state index in [1.807, 2.05) is 0 Å². The van der Waals surface area contributed by atoms with Crippen molar-refractivity contribution in [3.8, 4) is 11.4 Å². The summed E-state index contributed by atoms with van der Waals surface area (Å²) in [6.07, 6.45) is 0. The van der Waals surface area contributed by atoms with Crippen LogP contribution in [0.2, 0.25) is 0 Å². The topological polar surface area (TPSA) is 103 Å². The van der Waals surface area contributed by atoms with Gasteiger partial charge in [0.05, 0.1) is 11.5 Å². The number of benzene rings is 1. The second-order valence-electron chi connectivity index (χ2n) is 4.20. The first kappa shape index (κ1) is 15.5. The fraction of sp³-hybridized carbons (Fsp3) is 0.333. The van der Waals surface area contributed by atoms with Gasteiger partial charge in [0, 0.05) is 35.8 Å². The van der Waals surface area contributed by atoms with Crippen molar-refractivity contribution >= 4 is 21.6 Å². The summed E-state index contributed by atoms with van der Waals surface area (Å²) in [5.74, 6) is 0.824. The molecular weight excluding hydrogens is 344 g/mol. The van der Waals surface area contributed by atoms with Crippen molar-refractivity contribution in [3.05, 3.63) is 38.6 Å². The second kappa shape index (κ2) is 6.74. The number of aromatic nitrogens is 3. The number of non-ortho nitro benzene ring substituents is 1. The number of rotatable bonds is 6. The normalized spacial score (nSPS) is 10.8. The van der Waals surface area contributed by atoms with Gasteiger partial charge in [0.1, 0.15) is 6.61 Å². The predicted octanol–water partition coefficient (Wildman–Crippen LogP) is 1.75. The van der Waals surface area contributed by atoms with E-state index in [2.05, 4.69) is 26.1 Å². The molecule has 1 aromatic carbocycles. The van der Waals surface area contributed by atoms with E-state index in [1.54, 1.807) is 17.7 Å². The van der Waals surface area contributed by atoms with Crippen molar-refractivity contribution in [2.24, 2.45) is 0 Å². The fourth-order valence-corrected chi connectivity index (χ4v) is 2.37. The molecule has 2 aromatic rings. The van der Waals surface area contributed by atoms with Gasteiger partial charge in [0.2, 0.25) is 0 Å². The number of hydrogen-bond donors (Lipinski definition) is 1. The second-order valence-corrected chi connectivity index (χ2v) is 5.11. The quantitative estimate of drug-likeness (QED) is 0.624. The fourth-order valence-electron chi connectivity index (χ4n) is 1.89. The Morgan fingerprint density at radius 2 is 2.19 bits per heavy atom. The molecule has 0 saturated heterocycles. The van der Waals surface area contributed by atoms with Crippen LogP contribution in [0.5, 0.6) is 0 Å². The Morgan fingerprint density at radius 3 is 2.81 bits per heavy atom. The van der Waals surface area contributed by atoms with E-state index >= 15 is 0 Å². The van der Waals surface area contributed by atoms with Gasteiger partial charge in [-0.3, -0.25) is 10.1 Å². The molecule has 21 heavy (non-hydrogen) atoms. The maximum atomic E-state index is 10.9. The Bertz CT molecular complexity index is 659. The molecular formula is C12H13BrN4O4. The van der Waals surface area contributed by atoms with Gasteiger partial charge in [-0.05, 0) is 6.07 Å². The minimum Gasteiger partial charge on any atom is -0.388 e. The van der Waals surface area contributed by atoms with Gasteiger partial charge >= 0.3 is 0 Å². The summed E-state index contributed by atoms with van der Waals surface area (Å²) >= 11 is 3.24. The van der Waals surface area contributed by atoms with Gasteiger partial charge in [-0.15, -0.1) is 10.2 Å². The lowest BCUT2D eigenvalue weighted by molar-refractivity contribution is -0.384. The Kier molecular flexibility index (Phi) is 4.99. The maximum absolute atomic E-state index is 10.9. The molecule has 0 radical (unpaired) electrons. The van der Waals surface area contributed by atoms with Gasteiger partial charge in [-0.1, -0.05) is 15.9 Å². The van der Waals surface area contributed by atoms with E-state index in [9.17, 15) is 15.2 Å². The van der Waals surface area contributed by atoms with Gasteiger partial charge < -0.3 is 14.4 Å². The summed E-state index contributed by atoms with van der Waals surface area (Å²) in [4.78, 5) is 10.5. The van der Waals surface area contributed by atoms with Crippen LogP contribution in [-0.2, 0) is 17.9 Å². The van der Waals surface area contributed by atoms with Crippen molar-refractivity contribution in [1.29, 1.82) is 0 Å². The molecule has 112 valence electrons. The Morgan fingerprint density at radius 1 is 1.43 bits per heavy atom. The van der Waals surface area contributed by atoms with Gasteiger partial charge in [0.25, 0.3) is 5.69 Å². The lowest BCUT2D eigenvalue weighted by Gasteiger charge is -2.09. The Hall–Kier alpha value is -1.84. The average molecular weight is 357 g/mol. The van der Waals surface area contributed by atoms with Crippen LogP contribution in [0.25, 0.3) is 11.4 Å². The molecule has 1 heterocycles. The van der Waals surface area contributed by atoms with Crippen molar-refractivity contribution in [1.82, 2.24) is 14.8 Å². The van der Waals surface area contributed by atoms with Crippen molar-refractivity contribution in [3.63, 3.8) is 0 Å². The number of ether oxygens (including phenoxy) is 1. The van der Waals surface area contributed by atoms with Gasteiger partial charge in [-0.2, -0.15) is 0 Å². The van der Waals surface area contributed by atoms with Crippen LogP contribution in [0.15, 0.2) is 22.7 Å². The summed E-state index contributed by atoms with van der Waals surface area (Å²) in [5.41, 5.74) is 0.491. The first-order valence-corrected chi connectivity index (χ1v) is 6.83. The maximum Gasteiger partial charge on any atom is 0.271 e. The minimum atomic E-state index is -0.475. The number of nitrogens with zero attached hydrogens (tertiary/aromatic N) is 4. The third-order valence-corrected chi connectivity index (χ3v) is 3.30. The highest BCUT2D eigenvalue weighted by atomic mass is 79.9. The average Bonchev–Trinajstić information content (AvgIpc) is 2.87. The molecule has 0 aliphatic carbocycles. The van der Waals surface area contributed by atoms with Crippen LogP contribution in [0.1, 0.15) is 5.82 Å². The number of halogens is 1. The summed E-state index contributed by atoms with van der Waals surface area (Å²) < 4.78 is 7.26. The molecule has 0 atom stereocenters. The number of nitro benzene ring substituents is 1. The molecule has 0 amide bonds. The molecule has 0 unspecified atom stereocenters. The van der Waals surface area contributed by atoms with Crippen LogP contribution >= 0.6 is 15.9 Å². The molecule has 0 fully saturated rings. The molecule has 1 N–H and O–H groups in total. The molecule has 9 heteroatoms. The highest BCUT2D eigenvalue weighted by Crippen LogP contribution is 2.28.